The van der Waals surface area contributed by atoms with Gasteiger partial charge in [0.05, 0.1) is 0 Å². The van der Waals surface area contributed by atoms with E-state index < -0.39 is 0 Å². The van der Waals surface area contributed by atoms with Crippen molar-refractivity contribution < 1.29 is 0 Å². The maximum atomic E-state index is 1.81. The molecule has 36 fully saturated rings. The highest BCUT2D eigenvalue weighted by atomic mass is 14.9. The van der Waals surface area contributed by atoms with Gasteiger partial charge in [0.1, 0.15) is 0 Å². The molecule has 36 aliphatic rings. The lowest BCUT2D eigenvalue weighted by molar-refractivity contribution is -0.350. The molecule has 0 amide bonds. The van der Waals surface area contributed by atoms with Crippen molar-refractivity contribution in [3.05, 3.63) is 0 Å². The third-order valence-corrected chi connectivity index (χ3v) is 44.1. The average Bonchev–Trinajstić information content (AvgIpc) is 0.666. The van der Waals surface area contributed by atoms with E-state index in [1.54, 1.807) is 263 Å². The van der Waals surface area contributed by atoms with Crippen molar-refractivity contribution in [1.29, 1.82) is 0 Å². The summed E-state index contributed by atoms with van der Waals surface area (Å²) in [6.07, 6.45) is 81.9. The Kier molecular flexibility index (Phi) is 9.85. The van der Waals surface area contributed by atoms with Gasteiger partial charge in [-0.3, -0.25) is 0 Å². The molecule has 0 radical (unpaired) electrons. The van der Waals surface area contributed by atoms with Crippen molar-refractivity contribution in [3.63, 3.8) is 0 Å². The van der Waals surface area contributed by atoms with Crippen LogP contribution in [-0.4, -0.2) is 0 Å². The van der Waals surface area contributed by atoms with E-state index in [1.807, 2.05) is 38.5 Å². The summed E-state index contributed by atoms with van der Waals surface area (Å²) in [4.78, 5) is 0. The van der Waals surface area contributed by atoms with E-state index >= 15 is 0 Å². The van der Waals surface area contributed by atoms with Crippen molar-refractivity contribution in [1.82, 2.24) is 0 Å². The molecule has 0 aromatic rings. The van der Waals surface area contributed by atoms with Gasteiger partial charge in [0.2, 0.25) is 0 Å². The molecule has 21 unspecified atom stereocenters. The summed E-state index contributed by atoms with van der Waals surface area (Å²) in [5, 5.41) is 0. The van der Waals surface area contributed by atoms with Crippen LogP contribution in [0.3, 0.4) is 0 Å². The Labute approximate surface area is 548 Å². The molecule has 36 saturated carbocycles. The molecule has 0 aromatic heterocycles. The summed E-state index contributed by atoms with van der Waals surface area (Å²) in [5.41, 5.74) is 6.56. The molecule has 0 spiro atoms. The monoisotopic (exact) mass is 1210 g/mol. The fraction of sp³-hybridized carbons (Fsp3) is 1.00. The lowest BCUT2D eigenvalue weighted by atomic mass is 9.21. The minimum atomic E-state index is 0.703. The van der Waals surface area contributed by atoms with Crippen molar-refractivity contribution in [3.8, 4) is 0 Å². The van der Waals surface area contributed by atoms with Gasteiger partial charge in [0.25, 0.3) is 0 Å². The zero-order valence-electron chi connectivity index (χ0n) is 57.4. The Morgan fingerprint density at radius 1 is 0.133 bits per heavy atom. The normalized spacial score (nSPS) is 72.5. The molecule has 0 aromatic carbocycles. The van der Waals surface area contributed by atoms with E-state index in [4.69, 9.17) is 0 Å². The van der Waals surface area contributed by atoms with Crippen LogP contribution in [0.5, 0.6) is 0 Å². The van der Waals surface area contributed by atoms with Gasteiger partial charge < -0.3 is 0 Å². The Morgan fingerprint density at radius 2 is 0.300 bits per heavy atom. The summed E-state index contributed by atoms with van der Waals surface area (Å²) in [6.45, 7) is 0. The first-order chi connectivity index (χ1) is 43.9. The van der Waals surface area contributed by atoms with Crippen LogP contribution >= 0.6 is 0 Å². The van der Waals surface area contributed by atoms with Crippen LogP contribution in [0.2, 0.25) is 0 Å². The molecule has 90 heavy (non-hydrogen) atoms. The van der Waals surface area contributed by atoms with Gasteiger partial charge in [-0.25, -0.2) is 0 Å². The summed E-state index contributed by atoms with van der Waals surface area (Å²) < 4.78 is 0. The highest BCUT2D eigenvalue weighted by Gasteiger charge is 2.84. The largest absolute Gasteiger partial charge is 0.0475 e. The first-order valence-corrected chi connectivity index (χ1v) is 43.9. The van der Waals surface area contributed by atoms with E-state index in [2.05, 4.69) is 0 Å². The van der Waals surface area contributed by atoms with E-state index in [0.717, 1.165) is 228 Å². The van der Waals surface area contributed by atoms with Gasteiger partial charge in [-0.15, -0.1) is 0 Å². The third-order valence-electron chi connectivity index (χ3n) is 44.1. The van der Waals surface area contributed by atoms with Crippen molar-refractivity contribution in [2.75, 3.05) is 0 Å². The molecule has 36 rings (SSSR count). The van der Waals surface area contributed by atoms with E-state index in [0.29, 0.717) is 21.7 Å². The van der Waals surface area contributed by atoms with Crippen LogP contribution in [-0.2, 0) is 0 Å². The van der Waals surface area contributed by atoms with Crippen LogP contribution in [0.15, 0.2) is 0 Å². The zero-order valence-corrected chi connectivity index (χ0v) is 57.4. The molecule has 0 nitrogen and oxygen atoms in total. The maximum Gasteiger partial charge on any atom is -0.0199 e. The second-order valence-corrected chi connectivity index (χ2v) is 47.6. The minimum absolute atomic E-state index is 0.703. The van der Waals surface area contributed by atoms with Gasteiger partial charge >= 0.3 is 0 Å². The predicted molar refractivity (Wildman–Crippen MR) is 358 cm³/mol. The summed E-state index contributed by atoms with van der Waals surface area (Å²) >= 11 is 0. The highest BCUT2D eigenvalue weighted by molar-refractivity contribution is 5.32. The van der Waals surface area contributed by atoms with Gasteiger partial charge in [-0.2, -0.15) is 0 Å². The lowest BCUT2D eigenvalue weighted by Gasteiger charge is -2.83. The smallest absolute Gasteiger partial charge is 0.0199 e. The Bertz CT molecular complexity index is 2920. The highest BCUT2D eigenvalue weighted by Crippen LogP contribution is 2.91. The Hall–Kier alpha value is 0. The average molecular weight is 1210 g/mol. The van der Waals surface area contributed by atoms with Crippen LogP contribution in [0.25, 0.3) is 0 Å². The van der Waals surface area contributed by atoms with Gasteiger partial charge in [0, 0.05) is 0 Å². The standard InChI is InChI=1S/C90H128/c1-48-2-50-3-49(1)29-82(28-48,30-50)75-68-14-54-7-55(15-68)35-84(75,34-54)76-69-16-56-8-57(17-69)37-85(76,36-56)77-70-18-58-9-59(19-70)39-86(77,38-58)78-71-20-60-10-61(21-71)41-87(78,40-60)79-72-22-62-11-63(23-72)43-88(79,42-62)80-73-24-64-12-65(25-73)45-89(80,44-64)81-74-26-66-13-67(27-74)47-90(81,46-66)83-31-51-4-52(32-83)6-53(5-51)33-83/h48-81H,1-47H2. The fourth-order valence-electron chi connectivity index (χ4n) is 48.7. The van der Waals surface area contributed by atoms with E-state index in [1.165, 1.54) is 0 Å². The molecular weight excluding hydrogens is 1080 g/mol. The Morgan fingerprint density at radius 3 is 0.544 bits per heavy atom. The molecule has 0 heteroatoms. The summed E-state index contributed by atoms with van der Waals surface area (Å²) in [5.74, 6) is 38.6. The van der Waals surface area contributed by atoms with Gasteiger partial charge in [0.15, 0.2) is 0 Å². The second-order valence-electron chi connectivity index (χ2n) is 47.6. The third kappa shape index (κ3) is 6.15. The Balaban J connectivity index is 0.652. The van der Waals surface area contributed by atoms with Crippen LogP contribution < -0.4 is 0 Å². The number of hydrogen-bond acceptors (Lipinski definition) is 0. The second kappa shape index (κ2) is 16.7. The summed E-state index contributed by atoms with van der Waals surface area (Å²) in [7, 11) is 0. The molecular formula is C90H128. The van der Waals surface area contributed by atoms with Crippen LogP contribution in [0, 0.1) is 250 Å². The van der Waals surface area contributed by atoms with E-state index in [9.17, 15) is 0 Å². The molecule has 488 valence electrons. The van der Waals surface area contributed by atoms with Crippen LogP contribution in [0.4, 0.5) is 0 Å². The van der Waals surface area contributed by atoms with Gasteiger partial charge in [-0.1, -0.05) is 0 Å². The first kappa shape index (κ1) is 53.0. The van der Waals surface area contributed by atoms with Crippen molar-refractivity contribution >= 4 is 0 Å². The van der Waals surface area contributed by atoms with E-state index in [-0.39, 0.29) is 0 Å². The quantitative estimate of drug-likeness (QED) is 0.227. The molecule has 0 aliphatic heterocycles. The van der Waals surface area contributed by atoms with Crippen molar-refractivity contribution in [2.24, 2.45) is 250 Å². The fourth-order valence-corrected chi connectivity index (χ4v) is 48.7. The van der Waals surface area contributed by atoms with Gasteiger partial charge in [-0.05, 0) is 552 Å². The minimum Gasteiger partial charge on any atom is -0.0475 e. The molecule has 36 bridgehead atoms. The first-order valence-electron chi connectivity index (χ1n) is 43.9. The maximum absolute atomic E-state index is 1.81. The predicted octanol–water partition coefficient (Wildman–Crippen LogP) is 22.5. The number of rotatable bonds is 8. The van der Waals surface area contributed by atoms with Crippen molar-refractivity contribution in [2.45, 2.75) is 302 Å². The molecule has 0 N–H and O–H groups in total. The zero-order chi connectivity index (χ0) is 57.4. The summed E-state index contributed by atoms with van der Waals surface area (Å²) in [6, 6.07) is 0. The molecule has 0 heterocycles. The molecule has 0 saturated heterocycles. The van der Waals surface area contributed by atoms with Crippen LogP contribution in [0.1, 0.15) is 302 Å². The SMILES string of the molecule is C1C2CC3CC1CC(C1C4CC5CC(C4)CC1(C1C4CC6CC(C4)CC1(C1C4CC7CC(C4)CC1(C1C4CC8CC(C4)CC1(C1C4CC9CC(C4)CC1(C1C4CC%10CC(C4)CC1(C1C4CC%11CC(C4)CC1(C14CC%12CC(CC(C%12)C1)C4)C%11)C%10)C9)C8)C7)C6)C5)(C2)C3. The number of hydrogen-bond donors (Lipinski definition) is 0. The molecule has 36 aliphatic carbocycles. The molecule has 21 atom stereocenters. The topological polar surface area (TPSA) is 0 Å². The lowest BCUT2D eigenvalue weighted by Crippen LogP contribution is -2.77.